The van der Waals surface area contributed by atoms with E-state index in [2.05, 4.69) is 65.2 Å². The largest absolute Gasteiger partial charge is 0.443 e. The Hall–Kier alpha value is -2.37. The Kier molecular flexibility index (Phi) is 13.7. The number of ether oxygens (including phenoxy) is 1. The van der Waals surface area contributed by atoms with Crippen LogP contribution in [0.2, 0.25) is 0 Å². The molecule has 2 saturated heterocycles. The third-order valence-electron chi connectivity index (χ3n) is 5.67. The van der Waals surface area contributed by atoms with Crippen molar-refractivity contribution >= 4 is 77.5 Å². The highest BCUT2D eigenvalue weighted by Gasteiger charge is 2.34. The number of amides is 5. The average Bonchev–Trinajstić information content (AvgIpc) is 2.87. The Morgan fingerprint density at radius 3 is 1.82 bits per heavy atom. The number of hydrogen-bond donors (Lipinski definition) is 1. The predicted molar refractivity (Wildman–Crippen MR) is 162 cm³/mol. The van der Waals surface area contributed by atoms with E-state index in [4.69, 9.17) is 4.74 Å². The molecule has 5 amide bonds. The van der Waals surface area contributed by atoms with E-state index in [1.165, 1.54) is 5.56 Å². The Morgan fingerprint density at radius 1 is 0.875 bits per heavy atom. The number of carbonyl (C=O) groups is 5. The topological polar surface area (TPSA) is 110 Å². The lowest BCUT2D eigenvalue weighted by Gasteiger charge is -2.26. The van der Waals surface area contributed by atoms with E-state index in [1.54, 1.807) is 20.8 Å². The van der Waals surface area contributed by atoms with Crippen molar-refractivity contribution in [3.05, 3.63) is 68.6 Å². The van der Waals surface area contributed by atoms with Crippen LogP contribution in [0.3, 0.4) is 0 Å². The molecule has 0 saturated carbocycles. The van der Waals surface area contributed by atoms with Gasteiger partial charge in [0.15, 0.2) is 0 Å². The average molecular weight is 745 g/mol. The molecule has 2 fully saturated rings. The summed E-state index contributed by atoms with van der Waals surface area (Å²) >= 11 is 10.1. The molecular weight excluding hydrogens is 712 g/mol. The molecule has 11 heteroatoms. The molecule has 1 unspecified atom stereocenters. The molecule has 0 bridgehead atoms. The van der Waals surface area contributed by atoms with Crippen molar-refractivity contribution in [2.45, 2.75) is 70.2 Å². The summed E-state index contributed by atoms with van der Waals surface area (Å²) in [6.07, 6.45) is 1.91. The minimum absolute atomic E-state index is 0.0705. The molecule has 1 N–H and O–H groups in total. The minimum Gasteiger partial charge on any atom is -0.443 e. The van der Waals surface area contributed by atoms with E-state index >= 15 is 0 Å². The maximum Gasteiger partial charge on any atom is 0.424 e. The highest BCUT2D eigenvalue weighted by atomic mass is 79.9. The monoisotopic (exact) mass is 742 g/mol. The van der Waals surface area contributed by atoms with E-state index in [1.807, 2.05) is 36.4 Å². The van der Waals surface area contributed by atoms with Gasteiger partial charge in [-0.2, -0.15) is 4.90 Å². The number of carbonyl (C=O) groups excluding carboxylic acids is 5. The second kappa shape index (κ2) is 16.2. The first-order chi connectivity index (χ1) is 18.8. The molecular formula is C29H33Br3N2O6. The molecule has 0 aromatic heterocycles. The van der Waals surface area contributed by atoms with Crippen LogP contribution < -0.4 is 5.32 Å². The molecule has 2 aromatic carbocycles. The third-order valence-corrected chi connectivity index (χ3v) is 7.38. The number of benzene rings is 2. The number of likely N-dealkylation sites (tertiary alicyclic amines) is 1. The number of halogens is 3. The van der Waals surface area contributed by atoms with Crippen LogP contribution in [0.25, 0.3) is 0 Å². The Balaban J connectivity index is 0.000000218. The fourth-order valence-corrected chi connectivity index (χ4v) is 4.58. The van der Waals surface area contributed by atoms with Gasteiger partial charge < -0.3 is 4.74 Å². The molecule has 2 heterocycles. The maximum absolute atomic E-state index is 11.5. The first-order valence-corrected chi connectivity index (χ1v) is 15.5. The number of alkyl halides is 1. The lowest BCUT2D eigenvalue weighted by molar-refractivity contribution is -0.146. The second-order valence-corrected chi connectivity index (χ2v) is 12.6. The fraction of sp³-hybridized carbons (Fsp3) is 0.414. The zero-order valence-electron chi connectivity index (χ0n) is 22.7. The first kappa shape index (κ1) is 33.8. The van der Waals surface area contributed by atoms with Gasteiger partial charge in [-0.1, -0.05) is 72.1 Å². The summed E-state index contributed by atoms with van der Waals surface area (Å²) in [6, 6.07) is 16.1. The maximum atomic E-state index is 11.5. The van der Waals surface area contributed by atoms with Crippen LogP contribution >= 0.6 is 47.8 Å². The Labute approximate surface area is 260 Å². The van der Waals surface area contributed by atoms with Crippen molar-refractivity contribution in [3.63, 3.8) is 0 Å². The molecule has 40 heavy (non-hydrogen) atoms. The fourth-order valence-electron chi connectivity index (χ4n) is 3.68. The van der Waals surface area contributed by atoms with Crippen LogP contribution in [-0.4, -0.2) is 40.2 Å². The SMILES string of the molecule is BrCc1ccc(Br)cc1.CC(C)(C)OC(=O)N1C(=O)CCCC1=O.O=C1CCC(Cc2ccc(Br)cc2)C(=O)N1. The van der Waals surface area contributed by atoms with E-state index in [0.29, 0.717) is 30.6 Å². The Bertz CT molecular complexity index is 1180. The van der Waals surface area contributed by atoms with Crippen LogP contribution in [0.4, 0.5) is 4.79 Å². The van der Waals surface area contributed by atoms with Gasteiger partial charge in [0.25, 0.3) is 0 Å². The van der Waals surface area contributed by atoms with Crippen molar-refractivity contribution in [3.8, 4) is 0 Å². The van der Waals surface area contributed by atoms with Gasteiger partial charge in [-0.05, 0) is 75.4 Å². The molecule has 8 nitrogen and oxygen atoms in total. The molecule has 4 rings (SSSR count). The summed E-state index contributed by atoms with van der Waals surface area (Å²) in [5, 5.41) is 3.30. The van der Waals surface area contributed by atoms with Crippen molar-refractivity contribution in [1.82, 2.24) is 10.2 Å². The first-order valence-electron chi connectivity index (χ1n) is 12.8. The van der Waals surface area contributed by atoms with E-state index in [-0.39, 0.29) is 30.6 Å². The van der Waals surface area contributed by atoms with Crippen LogP contribution in [-0.2, 0) is 35.7 Å². The molecule has 0 radical (unpaired) electrons. The van der Waals surface area contributed by atoms with Gasteiger partial charge in [0, 0.05) is 39.5 Å². The quantitative estimate of drug-likeness (QED) is 0.272. The van der Waals surface area contributed by atoms with Gasteiger partial charge in [-0.3, -0.25) is 24.5 Å². The summed E-state index contributed by atoms with van der Waals surface area (Å²) in [5.41, 5.74) is 1.73. The van der Waals surface area contributed by atoms with Crippen LogP contribution in [0.15, 0.2) is 57.5 Å². The molecule has 1 atom stereocenters. The number of hydrogen-bond acceptors (Lipinski definition) is 6. The van der Waals surface area contributed by atoms with Gasteiger partial charge in [0.2, 0.25) is 23.6 Å². The zero-order valence-corrected chi connectivity index (χ0v) is 27.4. The van der Waals surface area contributed by atoms with Gasteiger partial charge in [0.05, 0.1) is 0 Å². The highest BCUT2D eigenvalue weighted by molar-refractivity contribution is 9.10. The normalized spacial score (nSPS) is 17.1. The van der Waals surface area contributed by atoms with Crippen LogP contribution in [0, 0.1) is 5.92 Å². The van der Waals surface area contributed by atoms with Gasteiger partial charge in [-0.15, -0.1) is 0 Å². The van der Waals surface area contributed by atoms with E-state index in [9.17, 15) is 24.0 Å². The van der Waals surface area contributed by atoms with Gasteiger partial charge in [0.1, 0.15) is 5.60 Å². The van der Waals surface area contributed by atoms with Crippen molar-refractivity contribution < 1.29 is 28.7 Å². The molecule has 2 aliphatic heterocycles. The summed E-state index contributed by atoms with van der Waals surface area (Å²) in [5.74, 6) is -1.31. The number of nitrogens with one attached hydrogen (secondary N) is 1. The molecule has 0 aliphatic carbocycles. The van der Waals surface area contributed by atoms with Crippen molar-refractivity contribution in [2.24, 2.45) is 5.92 Å². The second-order valence-electron chi connectivity index (χ2n) is 10.2. The van der Waals surface area contributed by atoms with E-state index < -0.39 is 23.5 Å². The molecule has 2 aliphatic rings. The zero-order chi connectivity index (χ0) is 29.9. The number of rotatable bonds is 3. The van der Waals surface area contributed by atoms with E-state index in [0.717, 1.165) is 19.8 Å². The van der Waals surface area contributed by atoms with Crippen LogP contribution in [0.5, 0.6) is 0 Å². The number of nitrogens with zero attached hydrogens (tertiary/aromatic N) is 1. The van der Waals surface area contributed by atoms with Crippen molar-refractivity contribution in [1.29, 1.82) is 0 Å². The highest BCUT2D eigenvalue weighted by Crippen LogP contribution is 2.20. The summed E-state index contributed by atoms with van der Waals surface area (Å²) < 4.78 is 7.12. The van der Waals surface area contributed by atoms with Gasteiger partial charge >= 0.3 is 6.09 Å². The lowest BCUT2D eigenvalue weighted by atomic mass is 9.91. The molecule has 2 aromatic rings. The standard InChI is InChI=1S/C12H12BrNO2.C10H15NO4.C7H6Br2/c13-10-4-1-8(2-5-10)7-9-3-6-11(15)14-12(9)16;1-10(2,3)15-9(14)11-7(12)5-4-6-8(11)13;8-5-6-1-3-7(9)4-2-6/h1-2,4-5,9H,3,6-7H2,(H,14,15,16);4-6H2,1-3H3;1-4H,5H2. The van der Waals surface area contributed by atoms with Crippen molar-refractivity contribution in [2.75, 3.05) is 0 Å². The molecule has 0 spiro atoms. The van der Waals surface area contributed by atoms with Gasteiger partial charge in [-0.25, -0.2) is 4.79 Å². The smallest absolute Gasteiger partial charge is 0.424 e. The predicted octanol–water partition coefficient (Wildman–Crippen LogP) is 6.85. The minimum atomic E-state index is -0.864. The summed E-state index contributed by atoms with van der Waals surface area (Å²) in [4.78, 5) is 57.3. The number of imide groups is 4. The number of piperidine rings is 2. The third kappa shape index (κ3) is 12.0. The summed E-state index contributed by atoms with van der Waals surface area (Å²) in [6.45, 7) is 5.05. The van der Waals surface area contributed by atoms with Crippen LogP contribution in [0.1, 0.15) is 64.0 Å². The lowest BCUT2D eigenvalue weighted by Crippen LogP contribution is -2.46. The summed E-state index contributed by atoms with van der Waals surface area (Å²) in [7, 11) is 0. The Morgan fingerprint density at radius 2 is 1.38 bits per heavy atom. The molecule has 216 valence electrons.